The Morgan fingerprint density at radius 2 is 1.77 bits per heavy atom. The van der Waals surface area contributed by atoms with Crippen LogP contribution in [-0.2, 0) is 38.0 Å². The van der Waals surface area contributed by atoms with Crippen LogP contribution in [0.5, 0.6) is 5.75 Å². The van der Waals surface area contributed by atoms with Gasteiger partial charge in [0.05, 0.1) is 31.2 Å². The van der Waals surface area contributed by atoms with Crippen molar-refractivity contribution in [2.45, 2.75) is 122 Å². The van der Waals surface area contributed by atoms with E-state index in [1.807, 2.05) is 13.8 Å². The number of halogens is 1. The van der Waals surface area contributed by atoms with Crippen LogP contribution in [-0.4, -0.2) is 72.4 Å². The highest BCUT2D eigenvalue weighted by Gasteiger charge is 2.65. The highest BCUT2D eigenvalue weighted by molar-refractivity contribution is 9.10. The number of cyclic esters (lactones) is 1. The molecule has 248 valence electrons. The zero-order chi connectivity index (χ0) is 32.6. The minimum Gasteiger partial charge on any atom is -0.508 e. The maximum atomic E-state index is 13.2. The molecule has 11 heteroatoms. The van der Waals surface area contributed by atoms with Crippen molar-refractivity contribution in [1.29, 1.82) is 0 Å². The monoisotopic (exact) mass is 684 g/mol. The van der Waals surface area contributed by atoms with Gasteiger partial charge in [-0.25, -0.2) is 0 Å². The third-order valence-electron chi connectivity index (χ3n) is 10.1. The minimum absolute atomic E-state index is 0.0177. The Morgan fingerprint density at radius 1 is 1.07 bits per heavy atom. The number of carbonyl (C=O) groups is 2. The molecule has 1 spiro atoms. The van der Waals surface area contributed by atoms with Gasteiger partial charge in [-0.15, -0.1) is 0 Å². The summed E-state index contributed by atoms with van der Waals surface area (Å²) in [5.74, 6) is -4.02. The number of aliphatic hydroxyl groups is 1. The van der Waals surface area contributed by atoms with Gasteiger partial charge in [-0.1, -0.05) is 50.5 Å². The number of hydrogen-bond donors (Lipinski definition) is 2. The van der Waals surface area contributed by atoms with Crippen molar-refractivity contribution in [1.82, 2.24) is 0 Å². The van der Waals surface area contributed by atoms with E-state index in [9.17, 15) is 19.8 Å². The number of aliphatic hydroxyl groups excluding tert-OH is 1. The molecule has 10 atom stereocenters. The van der Waals surface area contributed by atoms with Crippen molar-refractivity contribution in [3.8, 4) is 5.75 Å². The Labute approximate surface area is 269 Å². The lowest BCUT2D eigenvalue weighted by atomic mass is 9.66. The first-order valence-electron chi connectivity index (χ1n) is 15.6. The van der Waals surface area contributed by atoms with E-state index in [2.05, 4.69) is 36.7 Å². The second-order valence-corrected chi connectivity index (χ2v) is 14.5. The largest absolute Gasteiger partial charge is 0.508 e. The molecule has 0 aromatic heterocycles. The quantitative estimate of drug-likeness (QED) is 0.324. The number of hydrogen-bond acceptors (Lipinski definition) is 10. The van der Waals surface area contributed by atoms with Gasteiger partial charge in [0.25, 0.3) is 0 Å². The van der Waals surface area contributed by atoms with Crippen molar-refractivity contribution >= 4 is 27.9 Å². The van der Waals surface area contributed by atoms with Gasteiger partial charge in [-0.05, 0) is 55.9 Å². The fourth-order valence-electron chi connectivity index (χ4n) is 7.30. The van der Waals surface area contributed by atoms with Crippen LogP contribution < -0.4 is 0 Å². The molecule has 3 heterocycles. The summed E-state index contributed by atoms with van der Waals surface area (Å²) in [4.78, 5) is 26.5. The van der Waals surface area contributed by atoms with Crippen molar-refractivity contribution < 1.29 is 48.2 Å². The van der Waals surface area contributed by atoms with Gasteiger partial charge < -0.3 is 38.6 Å². The summed E-state index contributed by atoms with van der Waals surface area (Å²) in [6, 6.07) is 5.12. The van der Waals surface area contributed by atoms with Gasteiger partial charge in [0, 0.05) is 42.4 Å². The lowest BCUT2D eigenvalue weighted by Crippen LogP contribution is -2.69. The first-order chi connectivity index (χ1) is 20.6. The fraction of sp³-hybridized carbons (Fsp3) is 0.758. The van der Waals surface area contributed by atoms with Gasteiger partial charge >= 0.3 is 11.9 Å². The molecular weight excluding hydrogens is 636 g/mol. The number of phenolic OH excluding ortho intramolecular Hbond substituents is 1. The smallest absolute Gasteiger partial charge is 0.311 e. The van der Waals surface area contributed by atoms with E-state index in [1.54, 1.807) is 25.3 Å². The van der Waals surface area contributed by atoms with Crippen molar-refractivity contribution in [3.05, 3.63) is 28.2 Å². The molecule has 3 aliphatic rings. The molecule has 3 saturated heterocycles. The van der Waals surface area contributed by atoms with E-state index in [1.165, 1.54) is 14.0 Å². The van der Waals surface area contributed by atoms with E-state index in [4.69, 9.17) is 28.4 Å². The van der Waals surface area contributed by atoms with Gasteiger partial charge in [0.1, 0.15) is 18.0 Å². The number of phenols is 1. The van der Waals surface area contributed by atoms with E-state index < -0.39 is 47.2 Å². The number of rotatable bonds is 8. The number of carbonyl (C=O) groups excluding carboxylic acids is 2. The Bertz CT molecular complexity index is 1190. The van der Waals surface area contributed by atoms with Crippen LogP contribution in [0.25, 0.3) is 0 Å². The molecule has 10 nitrogen and oxygen atoms in total. The third kappa shape index (κ3) is 6.98. The summed E-state index contributed by atoms with van der Waals surface area (Å²) in [5.41, 5.74) is 0.319. The van der Waals surface area contributed by atoms with Crippen molar-refractivity contribution in [2.24, 2.45) is 23.2 Å². The summed E-state index contributed by atoms with van der Waals surface area (Å²) in [6.07, 6.45) is -1.61. The molecule has 3 bridgehead atoms. The van der Waals surface area contributed by atoms with Crippen LogP contribution >= 0.6 is 15.9 Å². The topological polar surface area (TPSA) is 130 Å². The number of ether oxygens (including phenoxy) is 6. The lowest BCUT2D eigenvalue weighted by molar-refractivity contribution is -0.455. The Kier molecular flexibility index (Phi) is 10.8. The minimum atomic E-state index is -1.35. The highest BCUT2D eigenvalue weighted by atomic mass is 79.9. The van der Waals surface area contributed by atoms with E-state index in [0.717, 1.165) is 10.0 Å². The maximum Gasteiger partial charge on any atom is 0.311 e. The second-order valence-electron chi connectivity index (χ2n) is 13.7. The molecular formula is C33H49BrO10. The maximum absolute atomic E-state index is 13.2. The molecule has 0 radical (unpaired) electrons. The first kappa shape index (κ1) is 35.1. The number of esters is 2. The van der Waals surface area contributed by atoms with Gasteiger partial charge in [0.2, 0.25) is 0 Å². The molecule has 1 aromatic rings. The van der Waals surface area contributed by atoms with Crippen molar-refractivity contribution in [2.75, 3.05) is 14.2 Å². The van der Waals surface area contributed by atoms with Crippen LogP contribution in [0.2, 0.25) is 0 Å². The molecule has 2 N–H and O–H groups in total. The summed E-state index contributed by atoms with van der Waals surface area (Å²) in [5, 5.41) is 20.4. The van der Waals surface area contributed by atoms with E-state index >= 15 is 0 Å². The molecule has 0 unspecified atom stereocenters. The summed E-state index contributed by atoms with van der Waals surface area (Å²) < 4.78 is 38.3. The Balaban J connectivity index is 1.69. The summed E-state index contributed by atoms with van der Waals surface area (Å²) >= 11 is 3.58. The Morgan fingerprint density at radius 3 is 2.41 bits per heavy atom. The Hall–Kier alpha value is -1.76. The highest BCUT2D eigenvalue weighted by Crippen LogP contribution is 2.58. The predicted molar refractivity (Wildman–Crippen MR) is 164 cm³/mol. The van der Waals surface area contributed by atoms with Gasteiger partial charge in [-0.2, -0.15) is 0 Å². The second kappa shape index (κ2) is 13.5. The zero-order valence-corrected chi connectivity index (χ0v) is 28.7. The molecule has 0 saturated carbocycles. The van der Waals surface area contributed by atoms with Crippen LogP contribution in [0.3, 0.4) is 0 Å². The molecule has 1 aromatic carbocycles. The first-order valence-corrected chi connectivity index (χ1v) is 16.4. The SMILES string of the molecule is CO[C@@H](CC[C@H](C)[C@H]1O[C@@]23C[C@H](OC(=O)C[C@@H]([C@@H](C)O)OC(=O)C[C@](OC)(O2)[C@H](C)CC3(C)C)[C@@H]1C)c1cc(O)ccc1Br. The summed E-state index contributed by atoms with van der Waals surface area (Å²) in [6.45, 7) is 11.7. The van der Waals surface area contributed by atoms with Crippen LogP contribution in [0.15, 0.2) is 22.7 Å². The van der Waals surface area contributed by atoms with Gasteiger partial charge in [-0.3, -0.25) is 9.59 Å². The van der Waals surface area contributed by atoms with Gasteiger partial charge in [0.15, 0.2) is 11.6 Å². The van der Waals surface area contributed by atoms with Crippen molar-refractivity contribution in [3.63, 3.8) is 0 Å². The number of fused-ring (bicyclic) bond motifs is 2. The number of benzene rings is 1. The third-order valence-corrected chi connectivity index (χ3v) is 10.8. The van der Waals surface area contributed by atoms with Crippen LogP contribution in [0, 0.1) is 23.2 Å². The normalized spacial score (nSPS) is 36.2. The predicted octanol–water partition coefficient (Wildman–Crippen LogP) is 5.80. The number of methoxy groups -OCH3 is 2. The molecule has 4 rings (SSSR count). The standard InChI is InChI=1S/C33H49BrO10/c1-18(9-12-25(39-7)23-13-22(36)10-11-24(23)34)30-20(3)27-16-33(43-30)31(5,6)15-19(2)32(40-8,44-33)17-29(38)41-26(21(4)35)14-28(37)42-27/h10-11,13,18-21,25-27,30,35-36H,9,12,14-17H2,1-8H3/t18-,19+,20-,21+,25-,26-,27-,30+,32-,33-/m0/s1. The molecule has 3 aliphatic heterocycles. The molecule has 3 fully saturated rings. The molecule has 44 heavy (non-hydrogen) atoms. The average Bonchev–Trinajstić information content (AvgIpc) is 2.94. The average molecular weight is 686 g/mol. The summed E-state index contributed by atoms with van der Waals surface area (Å²) in [7, 11) is 3.16. The molecule has 0 aliphatic carbocycles. The zero-order valence-electron chi connectivity index (χ0n) is 27.1. The fourth-order valence-corrected chi connectivity index (χ4v) is 7.80. The van der Waals surface area contributed by atoms with Crippen LogP contribution in [0.1, 0.15) is 91.7 Å². The van der Waals surface area contributed by atoms with E-state index in [0.29, 0.717) is 19.3 Å². The number of aromatic hydroxyl groups is 1. The van der Waals surface area contributed by atoms with Crippen LogP contribution in [0.4, 0.5) is 0 Å². The molecule has 0 amide bonds. The lowest BCUT2D eigenvalue weighted by Gasteiger charge is -2.62. The van der Waals surface area contributed by atoms with E-state index in [-0.39, 0.29) is 55.0 Å².